The van der Waals surface area contributed by atoms with Gasteiger partial charge in [0.15, 0.2) is 5.78 Å². The largest absolute Gasteiger partial charge is 0.292 e. The van der Waals surface area contributed by atoms with Gasteiger partial charge in [0.05, 0.1) is 11.0 Å². The van der Waals surface area contributed by atoms with Crippen LogP contribution in [0.25, 0.3) is 0 Å². The molecule has 1 unspecified atom stereocenters. The first-order chi connectivity index (χ1) is 10.0. The van der Waals surface area contributed by atoms with Gasteiger partial charge in [-0.2, -0.15) is 5.26 Å². The minimum atomic E-state index is -0.964. The lowest BCUT2D eigenvalue weighted by Gasteiger charge is -2.09. The monoisotopic (exact) mass is 280 g/mol. The molecular weight excluding hydrogens is 268 g/mol. The van der Waals surface area contributed by atoms with Gasteiger partial charge >= 0.3 is 0 Å². The smallest absolute Gasteiger partial charge is 0.273 e. The molecule has 0 saturated heterocycles. The van der Waals surface area contributed by atoms with Crippen molar-refractivity contribution in [3.63, 3.8) is 0 Å². The number of aryl methyl sites for hydroxylation is 1. The molecule has 1 atom stereocenters. The molecule has 0 heterocycles. The van der Waals surface area contributed by atoms with Gasteiger partial charge in [-0.15, -0.1) is 0 Å². The molecule has 0 spiro atoms. The van der Waals surface area contributed by atoms with Gasteiger partial charge in [0.2, 0.25) is 0 Å². The third-order valence-corrected chi connectivity index (χ3v) is 3.21. The fourth-order valence-electron chi connectivity index (χ4n) is 2.06. The highest BCUT2D eigenvalue weighted by atomic mass is 16.6. The summed E-state index contributed by atoms with van der Waals surface area (Å²) in [5, 5.41) is 20.2. The molecule has 0 saturated carbocycles. The third kappa shape index (κ3) is 2.95. The zero-order valence-electron chi connectivity index (χ0n) is 11.3. The van der Waals surface area contributed by atoms with Gasteiger partial charge in [-0.1, -0.05) is 42.5 Å². The number of hydrogen-bond donors (Lipinski definition) is 0. The minimum absolute atomic E-state index is 0.120. The van der Waals surface area contributed by atoms with Crippen molar-refractivity contribution in [2.45, 2.75) is 12.8 Å². The van der Waals surface area contributed by atoms with Crippen LogP contribution >= 0.6 is 0 Å². The van der Waals surface area contributed by atoms with Crippen LogP contribution < -0.4 is 0 Å². The molecule has 0 amide bonds. The fourth-order valence-corrected chi connectivity index (χ4v) is 2.06. The first-order valence-corrected chi connectivity index (χ1v) is 6.28. The summed E-state index contributed by atoms with van der Waals surface area (Å²) in [6, 6.07) is 14.9. The SMILES string of the molecule is Cc1ccc(C(=O)C(C#N)c2ccccc2)cc1[N+](=O)[O-]. The number of benzene rings is 2. The summed E-state index contributed by atoms with van der Waals surface area (Å²) < 4.78 is 0. The lowest BCUT2D eigenvalue weighted by atomic mass is 9.91. The van der Waals surface area contributed by atoms with Crippen LogP contribution in [0.15, 0.2) is 48.5 Å². The summed E-state index contributed by atoms with van der Waals surface area (Å²) in [4.78, 5) is 22.8. The van der Waals surface area contributed by atoms with E-state index < -0.39 is 16.6 Å². The number of hydrogen-bond acceptors (Lipinski definition) is 4. The van der Waals surface area contributed by atoms with E-state index in [1.165, 1.54) is 18.2 Å². The molecule has 5 nitrogen and oxygen atoms in total. The predicted molar refractivity (Wildman–Crippen MR) is 77.0 cm³/mol. The molecule has 0 fully saturated rings. The highest BCUT2D eigenvalue weighted by molar-refractivity contribution is 6.03. The van der Waals surface area contributed by atoms with Crippen LogP contribution in [-0.2, 0) is 0 Å². The number of nitro groups is 1. The normalized spacial score (nSPS) is 11.4. The Morgan fingerprint density at radius 2 is 1.90 bits per heavy atom. The Morgan fingerprint density at radius 1 is 1.24 bits per heavy atom. The van der Waals surface area contributed by atoms with Crippen LogP contribution in [-0.4, -0.2) is 10.7 Å². The second kappa shape index (κ2) is 5.97. The van der Waals surface area contributed by atoms with Crippen LogP contribution in [0.4, 0.5) is 5.69 Å². The quantitative estimate of drug-likeness (QED) is 0.488. The van der Waals surface area contributed by atoms with Gasteiger partial charge in [0.1, 0.15) is 5.92 Å². The maximum Gasteiger partial charge on any atom is 0.273 e. The van der Waals surface area contributed by atoms with Gasteiger partial charge in [-0.3, -0.25) is 14.9 Å². The van der Waals surface area contributed by atoms with Crippen LogP contribution in [0.1, 0.15) is 27.4 Å². The van der Waals surface area contributed by atoms with Crippen molar-refractivity contribution in [1.29, 1.82) is 5.26 Å². The summed E-state index contributed by atoms with van der Waals surface area (Å²) in [5.74, 6) is -1.40. The molecule has 2 rings (SSSR count). The molecule has 0 aromatic heterocycles. The topological polar surface area (TPSA) is 84.0 Å². The maximum absolute atomic E-state index is 12.4. The number of Topliss-reactive ketones (excluding diaryl/α,β-unsaturated/α-hetero) is 1. The van der Waals surface area contributed by atoms with E-state index in [1.54, 1.807) is 37.3 Å². The first kappa shape index (κ1) is 14.4. The van der Waals surface area contributed by atoms with Crippen molar-refractivity contribution < 1.29 is 9.72 Å². The zero-order chi connectivity index (χ0) is 15.4. The summed E-state index contributed by atoms with van der Waals surface area (Å²) in [7, 11) is 0. The Kier molecular flexibility index (Phi) is 4.10. The number of carbonyl (C=O) groups excluding carboxylic acids is 1. The van der Waals surface area contributed by atoms with E-state index in [1.807, 2.05) is 6.07 Å². The van der Waals surface area contributed by atoms with E-state index in [2.05, 4.69) is 0 Å². The van der Waals surface area contributed by atoms with Crippen molar-refractivity contribution in [3.8, 4) is 6.07 Å². The number of ketones is 1. The maximum atomic E-state index is 12.4. The Balaban J connectivity index is 2.42. The van der Waals surface area contributed by atoms with E-state index in [0.29, 0.717) is 11.1 Å². The molecule has 2 aromatic rings. The van der Waals surface area contributed by atoms with Crippen molar-refractivity contribution in [2.75, 3.05) is 0 Å². The molecule has 0 aliphatic heterocycles. The highest BCUT2D eigenvalue weighted by Crippen LogP contribution is 2.24. The van der Waals surface area contributed by atoms with Crippen LogP contribution in [0.2, 0.25) is 0 Å². The summed E-state index contributed by atoms with van der Waals surface area (Å²) in [5.41, 5.74) is 1.10. The molecule has 2 aromatic carbocycles. The molecule has 5 heteroatoms. The second-order valence-electron chi connectivity index (χ2n) is 4.60. The average molecular weight is 280 g/mol. The molecule has 0 aliphatic carbocycles. The standard InChI is InChI=1S/C16H12N2O3/c1-11-7-8-13(9-15(11)18(20)21)16(19)14(10-17)12-5-3-2-4-6-12/h2-9,14H,1H3. The van der Waals surface area contributed by atoms with Gasteiger partial charge < -0.3 is 0 Å². The molecule has 0 N–H and O–H groups in total. The van der Waals surface area contributed by atoms with E-state index in [4.69, 9.17) is 0 Å². The number of nitro benzene ring substituents is 1. The Hall–Kier alpha value is -3.00. The lowest BCUT2D eigenvalue weighted by Crippen LogP contribution is -2.11. The summed E-state index contributed by atoms with van der Waals surface area (Å²) in [6.45, 7) is 1.60. The molecule has 21 heavy (non-hydrogen) atoms. The van der Waals surface area contributed by atoms with Crippen LogP contribution in [0.5, 0.6) is 0 Å². The first-order valence-electron chi connectivity index (χ1n) is 6.28. The molecule has 0 radical (unpaired) electrons. The van der Waals surface area contributed by atoms with Crippen molar-refractivity contribution in [2.24, 2.45) is 0 Å². The molecule has 104 valence electrons. The summed E-state index contributed by atoms with van der Waals surface area (Å²) in [6.07, 6.45) is 0. The number of rotatable bonds is 4. The number of nitrogens with zero attached hydrogens (tertiary/aromatic N) is 2. The second-order valence-corrected chi connectivity index (χ2v) is 4.60. The minimum Gasteiger partial charge on any atom is -0.292 e. The van der Waals surface area contributed by atoms with E-state index in [9.17, 15) is 20.2 Å². The van der Waals surface area contributed by atoms with Crippen LogP contribution in [0.3, 0.4) is 0 Å². The molecular formula is C16H12N2O3. The molecule has 0 bridgehead atoms. The Morgan fingerprint density at radius 3 is 2.48 bits per heavy atom. The van der Waals surface area contributed by atoms with Crippen molar-refractivity contribution in [1.82, 2.24) is 0 Å². The fraction of sp³-hybridized carbons (Fsp3) is 0.125. The van der Waals surface area contributed by atoms with E-state index in [0.717, 1.165) is 0 Å². The van der Waals surface area contributed by atoms with Gasteiger partial charge in [0.25, 0.3) is 5.69 Å². The predicted octanol–water partition coefficient (Wildman–Crippen LogP) is 3.39. The van der Waals surface area contributed by atoms with E-state index in [-0.39, 0.29) is 11.3 Å². The number of carbonyl (C=O) groups is 1. The van der Waals surface area contributed by atoms with E-state index >= 15 is 0 Å². The average Bonchev–Trinajstić information content (AvgIpc) is 2.49. The van der Waals surface area contributed by atoms with Gasteiger partial charge in [-0.05, 0) is 12.5 Å². The highest BCUT2D eigenvalue weighted by Gasteiger charge is 2.23. The van der Waals surface area contributed by atoms with Crippen molar-refractivity contribution in [3.05, 3.63) is 75.3 Å². The lowest BCUT2D eigenvalue weighted by molar-refractivity contribution is -0.385. The number of nitriles is 1. The van der Waals surface area contributed by atoms with Crippen molar-refractivity contribution >= 4 is 11.5 Å². The Labute approximate surface area is 121 Å². The van der Waals surface area contributed by atoms with Crippen LogP contribution in [0, 0.1) is 28.4 Å². The third-order valence-electron chi connectivity index (χ3n) is 3.21. The summed E-state index contributed by atoms with van der Waals surface area (Å²) >= 11 is 0. The Bertz CT molecular complexity index is 733. The van der Waals surface area contributed by atoms with Gasteiger partial charge in [0, 0.05) is 17.2 Å². The molecule has 0 aliphatic rings. The zero-order valence-corrected chi connectivity index (χ0v) is 11.3. The van der Waals surface area contributed by atoms with Gasteiger partial charge in [-0.25, -0.2) is 0 Å².